The van der Waals surface area contributed by atoms with E-state index in [-0.39, 0.29) is 19.0 Å². The van der Waals surface area contributed by atoms with Crippen LogP contribution in [0.4, 0.5) is 4.79 Å². The summed E-state index contributed by atoms with van der Waals surface area (Å²) >= 11 is 11.7. The molecule has 0 aliphatic heterocycles. The number of halogens is 2. The van der Waals surface area contributed by atoms with Gasteiger partial charge in [0.1, 0.15) is 0 Å². The van der Waals surface area contributed by atoms with Crippen LogP contribution >= 0.6 is 23.2 Å². The van der Waals surface area contributed by atoms with Gasteiger partial charge in [-0.05, 0) is 25.1 Å². The summed E-state index contributed by atoms with van der Waals surface area (Å²) in [5.41, 5.74) is 0.297. The van der Waals surface area contributed by atoms with Crippen LogP contribution in [0.5, 0.6) is 0 Å². The molecule has 19 heavy (non-hydrogen) atoms. The number of hydrogen-bond donors (Lipinski definition) is 2. The minimum absolute atomic E-state index is 0.264. The summed E-state index contributed by atoms with van der Waals surface area (Å²) in [6.07, 6.45) is -0.516. The molecule has 2 N–H and O–H groups in total. The van der Waals surface area contributed by atoms with Crippen molar-refractivity contribution in [1.29, 1.82) is 0 Å². The van der Waals surface area contributed by atoms with Crippen LogP contribution in [0.1, 0.15) is 17.3 Å². The van der Waals surface area contributed by atoms with E-state index in [4.69, 9.17) is 23.2 Å². The van der Waals surface area contributed by atoms with Gasteiger partial charge in [-0.3, -0.25) is 4.79 Å². The summed E-state index contributed by atoms with van der Waals surface area (Å²) in [4.78, 5) is 22.8. The largest absolute Gasteiger partial charge is 0.450 e. The average molecular weight is 305 g/mol. The van der Waals surface area contributed by atoms with Crippen LogP contribution in [0.3, 0.4) is 0 Å². The Kier molecular flexibility index (Phi) is 6.45. The van der Waals surface area contributed by atoms with E-state index in [0.29, 0.717) is 22.2 Å². The van der Waals surface area contributed by atoms with E-state index < -0.39 is 6.09 Å². The van der Waals surface area contributed by atoms with Gasteiger partial charge in [0.15, 0.2) is 0 Å². The lowest BCUT2D eigenvalue weighted by Gasteiger charge is -2.08. The number of rotatable bonds is 5. The van der Waals surface area contributed by atoms with Crippen molar-refractivity contribution in [3.8, 4) is 0 Å². The Morgan fingerprint density at radius 3 is 2.58 bits per heavy atom. The molecule has 0 atom stereocenters. The molecule has 0 aliphatic rings. The van der Waals surface area contributed by atoms with Gasteiger partial charge in [0.05, 0.1) is 17.2 Å². The van der Waals surface area contributed by atoms with Gasteiger partial charge in [0.25, 0.3) is 5.91 Å². The Hall–Kier alpha value is -1.46. The Balaban J connectivity index is 2.39. The molecular weight excluding hydrogens is 291 g/mol. The van der Waals surface area contributed by atoms with Gasteiger partial charge in [-0.1, -0.05) is 23.2 Å². The van der Waals surface area contributed by atoms with E-state index in [0.717, 1.165) is 0 Å². The second-order valence-corrected chi connectivity index (χ2v) is 4.37. The van der Waals surface area contributed by atoms with Crippen LogP contribution in [0, 0.1) is 0 Å². The Morgan fingerprint density at radius 2 is 1.89 bits per heavy atom. The van der Waals surface area contributed by atoms with Crippen LogP contribution in [0.25, 0.3) is 0 Å². The number of hydrogen-bond acceptors (Lipinski definition) is 3. The molecular formula is C12H14Cl2N2O3. The average Bonchev–Trinajstić information content (AvgIpc) is 2.37. The highest BCUT2D eigenvalue weighted by molar-refractivity contribution is 6.35. The maximum atomic E-state index is 11.8. The number of carbonyl (C=O) groups is 2. The number of ether oxygens (including phenoxy) is 1. The third-order valence-corrected chi connectivity index (χ3v) is 2.69. The molecule has 0 saturated carbocycles. The molecule has 1 aromatic rings. The maximum Gasteiger partial charge on any atom is 0.407 e. The molecule has 0 radical (unpaired) electrons. The second kappa shape index (κ2) is 7.86. The molecule has 0 fully saturated rings. The lowest BCUT2D eigenvalue weighted by Crippen LogP contribution is -2.35. The zero-order valence-electron chi connectivity index (χ0n) is 10.3. The van der Waals surface area contributed by atoms with E-state index in [1.54, 1.807) is 19.1 Å². The number of benzene rings is 1. The maximum absolute atomic E-state index is 11.8. The quantitative estimate of drug-likeness (QED) is 0.821. The molecule has 2 amide bonds. The summed E-state index contributed by atoms with van der Waals surface area (Å²) in [7, 11) is 0. The molecule has 0 saturated heterocycles. The van der Waals surface area contributed by atoms with Gasteiger partial charge in [-0.15, -0.1) is 0 Å². The Labute approximate surface area is 121 Å². The highest BCUT2D eigenvalue weighted by atomic mass is 35.5. The van der Waals surface area contributed by atoms with Gasteiger partial charge in [-0.25, -0.2) is 4.79 Å². The van der Waals surface area contributed by atoms with Crippen LogP contribution in [-0.4, -0.2) is 31.7 Å². The van der Waals surface area contributed by atoms with E-state index in [1.807, 2.05) is 0 Å². The SMILES string of the molecule is CCOC(=O)NCCNC(=O)c1cc(Cl)ccc1Cl. The minimum Gasteiger partial charge on any atom is -0.450 e. The van der Waals surface area contributed by atoms with E-state index >= 15 is 0 Å². The third-order valence-electron chi connectivity index (χ3n) is 2.13. The summed E-state index contributed by atoms with van der Waals surface area (Å²) in [6, 6.07) is 4.64. The number of carbonyl (C=O) groups excluding carboxylic acids is 2. The van der Waals surface area contributed by atoms with E-state index in [9.17, 15) is 9.59 Å². The monoisotopic (exact) mass is 304 g/mol. The van der Waals surface area contributed by atoms with Crippen molar-refractivity contribution in [1.82, 2.24) is 10.6 Å². The smallest absolute Gasteiger partial charge is 0.407 e. The minimum atomic E-state index is -0.516. The summed E-state index contributed by atoms with van der Waals surface area (Å²) in [5, 5.41) is 5.84. The van der Waals surface area contributed by atoms with Gasteiger partial charge in [0.2, 0.25) is 0 Å². The summed E-state index contributed by atoms with van der Waals surface area (Å²) in [6.45, 7) is 2.54. The molecule has 0 aliphatic carbocycles. The van der Waals surface area contributed by atoms with E-state index in [1.165, 1.54) is 6.07 Å². The summed E-state index contributed by atoms with van der Waals surface area (Å²) < 4.78 is 4.67. The predicted molar refractivity (Wildman–Crippen MR) is 73.8 cm³/mol. The highest BCUT2D eigenvalue weighted by Crippen LogP contribution is 2.20. The second-order valence-electron chi connectivity index (χ2n) is 3.53. The highest BCUT2D eigenvalue weighted by Gasteiger charge is 2.10. The van der Waals surface area contributed by atoms with Crippen molar-refractivity contribution in [2.75, 3.05) is 19.7 Å². The standard InChI is InChI=1S/C12H14Cl2N2O3/c1-2-19-12(18)16-6-5-15-11(17)9-7-8(13)3-4-10(9)14/h3-4,7H,2,5-6H2,1H3,(H,15,17)(H,16,18). The van der Waals surface area contributed by atoms with Crippen LogP contribution in [0.2, 0.25) is 10.0 Å². The fraction of sp³-hybridized carbons (Fsp3) is 0.333. The molecule has 0 unspecified atom stereocenters. The number of amides is 2. The number of nitrogens with one attached hydrogen (secondary N) is 2. The van der Waals surface area contributed by atoms with Gasteiger partial charge in [0, 0.05) is 18.1 Å². The lowest BCUT2D eigenvalue weighted by atomic mass is 10.2. The lowest BCUT2D eigenvalue weighted by molar-refractivity contribution is 0.0952. The van der Waals surface area contributed by atoms with Crippen LogP contribution in [0.15, 0.2) is 18.2 Å². The molecule has 1 rings (SSSR count). The van der Waals surface area contributed by atoms with Crippen LogP contribution in [-0.2, 0) is 4.74 Å². The van der Waals surface area contributed by atoms with E-state index in [2.05, 4.69) is 15.4 Å². The molecule has 0 spiro atoms. The first-order valence-electron chi connectivity index (χ1n) is 5.68. The first-order chi connectivity index (χ1) is 9.04. The topological polar surface area (TPSA) is 67.4 Å². The molecule has 0 bridgehead atoms. The fourth-order valence-corrected chi connectivity index (χ4v) is 1.66. The van der Waals surface area contributed by atoms with Crippen molar-refractivity contribution >= 4 is 35.2 Å². The van der Waals surface area contributed by atoms with Crippen LogP contribution < -0.4 is 10.6 Å². The number of alkyl carbamates (subject to hydrolysis) is 1. The Morgan fingerprint density at radius 1 is 1.21 bits per heavy atom. The third kappa shape index (κ3) is 5.36. The first kappa shape index (κ1) is 15.6. The molecule has 0 aromatic heterocycles. The zero-order valence-corrected chi connectivity index (χ0v) is 11.8. The molecule has 1 aromatic carbocycles. The van der Waals surface area contributed by atoms with Crippen molar-refractivity contribution in [3.05, 3.63) is 33.8 Å². The van der Waals surface area contributed by atoms with Gasteiger partial charge in [-0.2, -0.15) is 0 Å². The van der Waals surface area contributed by atoms with Crippen molar-refractivity contribution < 1.29 is 14.3 Å². The first-order valence-corrected chi connectivity index (χ1v) is 6.44. The molecule has 104 valence electrons. The zero-order chi connectivity index (χ0) is 14.3. The fourth-order valence-electron chi connectivity index (χ4n) is 1.29. The molecule has 0 heterocycles. The van der Waals surface area contributed by atoms with Crippen molar-refractivity contribution in [2.24, 2.45) is 0 Å². The Bertz CT molecular complexity index is 466. The van der Waals surface area contributed by atoms with Crippen molar-refractivity contribution in [3.63, 3.8) is 0 Å². The normalized spacial score (nSPS) is 9.84. The van der Waals surface area contributed by atoms with Crippen molar-refractivity contribution in [2.45, 2.75) is 6.92 Å². The molecule has 7 heteroatoms. The summed E-state index contributed by atoms with van der Waals surface area (Å²) in [5.74, 6) is -0.349. The van der Waals surface area contributed by atoms with Gasteiger partial charge < -0.3 is 15.4 Å². The predicted octanol–water partition coefficient (Wildman–Crippen LogP) is 2.47. The van der Waals surface area contributed by atoms with Gasteiger partial charge >= 0.3 is 6.09 Å². The molecule has 5 nitrogen and oxygen atoms in total.